The lowest BCUT2D eigenvalue weighted by Gasteiger charge is -2.31. The Balaban J connectivity index is 2.53. The van der Waals surface area contributed by atoms with Crippen LogP contribution in [-0.4, -0.2) is 23.0 Å². The zero-order chi connectivity index (χ0) is 11.3. The van der Waals surface area contributed by atoms with Gasteiger partial charge in [-0.1, -0.05) is 12.8 Å². The number of carbonyl (C=O) groups excluding carboxylic acids is 1. The molecule has 1 rings (SSSR count). The van der Waals surface area contributed by atoms with Crippen molar-refractivity contribution in [2.45, 2.75) is 38.1 Å². The van der Waals surface area contributed by atoms with E-state index < -0.39 is 6.03 Å². The fraction of sp³-hybridized carbons (Fsp3) is 0.889. The van der Waals surface area contributed by atoms with E-state index in [1.54, 1.807) is 0 Å². The first-order valence-electron chi connectivity index (χ1n) is 5.17. The van der Waals surface area contributed by atoms with E-state index in [1.807, 2.05) is 0 Å². The summed E-state index contributed by atoms with van der Waals surface area (Å²) in [5, 5.41) is 3.54. The highest BCUT2D eigenvalue weighted by Crippen LogP contribution is 2.30. The van der Waals surface area contributed by atoms with Gasteiger partial charge < -0.3 is 5.73 Å². The molecular weight excluding hydrogens is 218 g/mol. The van der Waals surface area contributed by atoms with E-state index >= 15 is 0 Å². The Morgan fingerprint density at radius 2 is 2.27 bits per heavy atom. The maximum Gasteiger partial charge on any atom is 0.338 e. The highest BCUT2D eigenvalue weighted by Gasteiger charge is 2.29. The molecule has 2 unspecified atom stereocenters. The highest BCUT2D eigenvalue weighted by molar-refractivity contribution is 6.17. The summed E-state index contributed by atoms with van der Waals surface area (Å²) in [5.41, 5.74) is 5.06. The number of nitrogens with two attached hydrogens (primary N) is 1. The Labute approximate surface area is 93.9 Å². The van der Waals surface area contributed by atoms with Gasteiger partial charge in [-0.2, -0.15) is 5.01 Å². The van der Waals surface area contributed by atoms with Gasteiger partial charge in [-0.05, 0) is 25.2 Å². The van der Waals surface area contributed by atoms with Gasteiger partial charge in [-0.3, -0.25) is 0 Å². The molecule has 0 heterocycles. The Morgan fingerprint density at radius 1 is 1.53 bits per heavy atom. The average Bonchev–Trinajstić information content (AvgIpc) is 2.19. The van der Waals surface area contributed by atoms with Crippen molar-refractivity contribution in [3.63, 3.8) is 0 Å². The molecule has 1 saturated carbocycles. The Bertz CT molecular complexity index is 235. The molecule has 15 heavy (non-hydrogen) atoms. The van der Waals surface area contributed by atoms with E-state index in [-0.39, 0.29) is 6.04 Å². The number of halogens is 1. The third kappa shape index (κ3) is 3.34. The SMILES string of the molecule is NC(=O)N(N=O)C1CCCC(CCCl)C1. The predicted molar refractivity (Wildman–Crippen MR) is 58.3 cm³/mol. The van der Waals surface area contributed by atoms with Crippen LogP contribution in [-0.2, 0) is 0 Å². The molecule has 0 spiro atoms. The fourth-order valence-corrected chi connectivity index (χ4v) is 2.50. The van der Waals surface area contributed by atoms with Crippen molar-refractivity contribution in [3.05, 3.63) is 4.91 Å². The van der Waals surface area contributed by atoms with Crippen molar-refractivity contribution in [2.75, 3.05) is 5.88 Å². The van der Waals surface area contributed by atoms with Crippen molar-refractivity contribution in [2.24, 2.45) is 16.9 Å². The van der Waals surface area contributed by atoms with Crippen LogP contribution in [0, 0.1) is 10.8 Å². The summed E-state index contributed by atoms with van der Waals surface area (Å²) in [5.74, 6) is 1.09. The predicted octanol–water partition coefficient (Wildman–Crippen LogP) is 2.24. The third-order valence-electron chi connectivity index (χ3n) is 2.93. The van der Waals surface area contributed by atoms with Crippen LogP contribution in [0.25, 0.3) is 0 Å². The largest absolute Gasteiger partial charge is 0.350 e. The zero-order valence-corrected chi connectivity index (χ0v) is 9.32. The van der Waals surface area contributed by atoms with Crippen LogP contribution in [0.1, 0.15) is 32.1 Å². The van der Waals surface area contributed by atoms with Gasteiger partial charge in [0, 0.05) is 5.88 Å². The van der Waals surface area contributed by atoms with Crippen LogP contribution in [0.2, 0.25) is 0 Å². The minimum absolute atomic E-state index is 0.137. The molecule has 2 amide bonds. The van der Waals surface area contributed by atoms with E-state index in [2.05, 4.69) is 5.29 Å². The van der Waals surface area contributed by atoms with Gasteiger partial charge in [-0.25, -0.2) is 4.79 Å². The van der Waals surface area contributed by atoms with Crippen molar-refractivity contribution in [1.82, 2.24) is 5.01 Å². The number of hydrogen-bond acceptors (Lipinski definition) is 3. The van der Waals surface area contributed by atoms with Gasteiger partial charge in [0.2, 0.25) is 0 Å². The number of alkyl halides is 1. The quantitative estimate of drug-likeness (QED) is 0.459. The summed E-state index contributed by atoms with van der Waals surface area (Å²) in [6, 6.07) is -0.900. The molecule has 6 heteroatoms. The molecule has 0 radical (unpaired) electrons. The monoisotopic (exact) mass is 233 g/mol. The minimum Gasteiger partial charge on any atom is -0.350 e. The molecular formula is C9H16ClN3O2. The zero-order valence-electron chi connectivity index (χ0n) is 8.56. The normalized spacial score (nSPS) is 25.9. The number of amides is 2. The fourth-order valence-electron chi connectivity index (χ4n) is 2.19. The molecule has 0 saturated heterocycles. The molecule has 1 fully saturated rings. The summed E-state index contributed by atoms with van der Waals surface area (Å²) in [4.78, 5) is 21.4. The second kappa shape index (κ2) is 5.90. The Morgan fingerprint density at radius 3 is 2.80 bits per heavy atom. The van der Waals surface area contributed by atoms with Gasteiger partial charge in [0.25, 0.3) is 0 Å². The van der Waals surface area contributed by atoms with E-state index in [0.29, 0.717) is 11.8 Å². The average molecular weight is 234 g/mol. The first-order chi connectivity index (χ1) is 7.19. The van der Waals surface area contributed by atoms with Crippen LogP contribution in [0.5, 0.6) is 0 Å². The van der Waals surface area contributed by atoms with Gasteiger partial charge in [0.1, 0.15) is 0 Å². The molecule has 2 N–H and O–H groups in total. The number of nitroso groups, excluding NO2 is 1. The van der Waals surface area contributed by atoms with Crippen LogP contribution in [0.4, 0.5) is 4.79 Å². The lowest BCUT2D eigenvalue weighted by atomic mass is 9.84. The number of hydrogen-bond donors (Lipinski definition) is 1. The first kappa shape index (κ1) is 12.2. The van der Waals surface area contributed by atoms with Gasteiger partial charge >= 0.3 is 6.03 Å². The standard InChI is InChI=1S/C9H16ClN3O2/c10-5-4-7-2-1-3-8(6-7)13(12-15)9(11)14/h7-8H,1-6H2,(H2,11,14). The molecule has 0 aliphatic heterocycles. The van der Waals surface area contributed by atoms with Crippen LogP contribution < -0.4 is 5.73 Å². The van der Waals surface area contributed by atoms with E-state index in [1.165, 1.54) is 0 Å². The molecule has 0 aromatic carbocycles. The second-order valence-corrected chi connectivity index (χ2v) is 4.31. The van der Waals surface area contributed by atoms with E-state index in [4.69, 9.17) is 17.3 Å². The first-order valence-corrected chi connectivity index (χ1v) is 5.70. The topological polar surface area (TPSA) is 75.8 Å². The van der Waals surface area contributed by atoms with Gasteiger partial charge in [-0.15, -0.1) is 16.5 Å². The van der Waals surface area contributed by atoms with Crippen LogP contribution in [0.15, 0.2) is 5.29 Å². The van der Waals surface area contributed by atoms with Crippen LogP contribution in [0.3, 0.4) is 0 Å². The van der Waals surface area contributed by atoms with Crippen molar-refractivity contribution in [3.8, 4) is 0 Å². The Kier molecular flexibility index (Phi) is 4.81. The maximum absolute atomic E-state index is 10.9. The lowest BCUT2D eigenvalue weighted by molar-refractivity contribution is 0.146. The second-order valence-electron chi connectivity index (χ2n) is 3.93. The van der Waals surface area contributed by atoms with Gasteiger partial charge in [0.05, 0.1) is 11.3 Å². The number of primary amides is 1. The summed E-state index contributed by atoms with van der Waals surface area (Å²) in [6.07, 6.45) is 4.60. The lowest BCUT2D eigenvalue weighted by Crippen LogP contribution is -2.42. The van der Waals surface area contributed by atoms with Gasteiger partial charge in [0.15, 0.2) is 0 Å². The van der Waals surface area contributed by atoms with Crippen molar-refractivity contribution in [1.29, 1.82) is 0 Å². The molecule has 5 nitrogen and oxygen atoms in total. The molecule has 2 atom stereocenters. The third-order valence-corrected chi connectivity index (χ3v) is 3.15. The van der Waals surface area contributed by atoms with Crippen molar-refractivity contribution >= 4 is 17.6 Å². The number of urea groups is 1. The molecule has 1 aliphatic rings. The summed E-state index contributed by atoms with van der Waals surface area (Å²) in [6.45, 7) is 0. The maximum atomic E-state index is 10.9. The summed E-state index contributed by atoms with van der Waals surface area (Å²) in [7, 11) is 0. The summed E-state index contributed by atoms with van der Waals surface area (Å²) >= 11 is 5.67. The minimum atomic E-state index is -0.762. The van der Waals surface area contributed by atoms with Crippen LogP contribution >= 0.6 is 11.6 Å². The Hall–Kier alpha value is -0.840. The smallest absolute Gasteiger partial charge is 0.338 e. The van der Waals surface area contributed by atoms with E-state index in [9.17, 15) is 9.70 Å². The van der Waals surface area contributed by atoms with Crippen molar-refractivity contribution < 1.29 is 4.79 Å². The molecule has 0 bridgehead atoms. The number of carbonyl (C=O) groups is 1. The molecule has 1 aliphatic carbocycles. The number of rotatable bonds is 4. The molecule has 86 valence electrons. The highest BCUT2D eigenvalue weighted by atomic mass is 35.5. The number of nitrogens with zero attached hydrogens (tertiary/aromatic N) is 2. The van der Waals surface area contributed by atoms with E-state index in [0.717, 1.165) is 37.1 Å². The summed E-state index contributed by atoms with van der Waals surface area (Å²) < 4.78 is 0. The molecule has 0 aromatic heterocycles. The molecule has 0 aromatic rings.